The molecule has 1 amide bonds. The molecule has 150 valence electrons. The van der Waals surface area contributed by atoms with Crippen LogP contribution in [0, 0.1) is 10.1 Å². The molecular formula is C19H16Cl2N4O3S. The van der Waals surface area contributed by atoms with Gasteiger partial charge in [-0.3, -0.25) is 19.8 Å². The zero-order chi connectivity index (χ0) is 21.0. The second-order valence-corrected chi connectivity index (χ2v) is 7.99. The molecule has 10 heteroatoms. The summed E-state index contributed by atoms with van der Waals surface area (Å²) in [7, 11) is 1.82. The van der Waals surface area contributed by atoms with E-state index in [9.17, 15) is 14.9 Å². The van der Waals surface area contributed by atoms with Gasteiger partial charge < -0.3 is 5.32 Å². The van der Waals surface area contributed by atoms with Gasteiger partial charge in [0.2, 0.25) is 5.91 Å². The zero-order valence-corrected chi connectivity index (χ0v) is 17.6. The Kier molecular flexibility index (Phi) is 6.81. The van der Waals surface area contributed by atoms with E-state index in [4.69, 9.17) is 23.2 Å². The molecule has 0 saturated heterocycles. The van der Waals surface area contributed by atoms with Gasteiger partial charge in [0.05, 0.1) is 27.2 Å². The summed E-state index contributed by atoms with van der Waals surface area (Å²) in [6.45, 7) is 0.688. The number of hydrogen-bond donors (Lipinski definition) is 1. The number of aromatic nitrogens is 1. The van der Waals surface area contributed by atoms with Crippen LogP contribution in [0.2, 0.25) is 10.0 Å². The van der Waals surface area contributed by atoms with Crippen LogP contribution in [-0.2, 0) is 11.3 Å². The Morgan fingerprint density at radius 3 is 2.76 bits per heavy atom. The van der Waals surface area contributed by atoms with Gasteiger partial charge in [0.1, 0.15) is 0 Å². The summed E-state index contributed by atoms with van der Waals surface area (Å²) in [6.07, 6.45) is 0. The summed E-state index contributed by atoms with van der Waals surface area (Å²) in [5.74, 6) is -0.215. The van der Waals surface area contributed by atoms with Gasteiger partial charge >= 0.3 is 0 Å². The summed E-state index contributed by atoms with van der Waals surface area (Å²) in [4.78, 5) is 28.9. The number of nitrogens with zero attached hydrogens (tertiary/aromatic N) is 3. The molecule has 0 radical (unpaired) electrons. The largest absolute Gasteiger partial charge is 0.301 e. The molecule has 0 aliphatic carbocycles. The molecule has 0 unspecified atom stereocenters. The van der Waals surface area contributed by atoms with E-state index < -0.39 is 4.92 Å². The minimum absolute atomic E-state index is 0.00925. The highest BCUT2D eigenvalue weighted by molar-refractivity contribution is 7.14. The van der Waals surface area contributed by atoms with Crippen molar-refractivity contribution >= 4 is 51.3 Å². The third-order valence-corrected chi connectivity index (χ3v) is 5.45. The van der Waals surface area contributed by atoms with Crippen molar-refractivity contribution in [3.05, 3.63) is 73.6 Å². The van der Waals surface area contributed by atoms with E-state index >= 15 is 0 Å². The summed E-state index contributed by atoms with van der Waals surface area (Å²) in [6, 6.07) is 11.5. The van der Waals surface area contributed by atoms with Gasteiger partial charge in [-0.25, -0.2) is 4.98 Å². The first kappa shape index (κ1) is 21.2. The second kappa shape index (κ2) is 9.32. The predicted molar refractivity (Wildman–Crippen MR) is 116 cm³/mol. The highest BCUT2D eigenvalue weighted by Gasteiger charge is 2.13. The molecule has 3 aromatic rings. The van der Waals surface area contributed by atoms with Crippen molar-refractivity contribution in [2.24, 2.45) is 0 Å². The molecule has 3 rings (SSSR count). The van der Waals surface area contributed by atoms with Crippen LogP contribution in [0.3, 0.4) is 0 Å². The number of benzene rings is 2. The van der Waals surface area contributed by atoms with E-state index in [2.05, 4.69) is 10.3 Å². The molecule has 7 nitrogen and oxygen atoms in total. The first-order chi connectivity index (χ1) is 13.8. The minimum Gasteiger partial charge on any atom is -0.301 e. The number of thiazole rings is 1. The van der Waals surface area contributed by atoms with Gasteiger partial charge in [-0.05, 0) is 24.7 Å². The normalized spacial score (nSPS) is 10.9. The summed E-state index contributed by atoms with van der Waals surface area (Å²) < 4.78 is 0. The molecule has 2 aromatic carbocycles. The number of rotatable bonds is 7. The average molecular weight is 451 g/mol. The summed E-state index contributed by atoms with van der Waals surface area (Å²) >= 11 is 13.2. The lowest BCUT2D eigenvalue weighted by molar-refractivity contribution is -0.384. The van der Waals surface area contributed by atoms with Crippen LogP contribution < -0.4 is 5.32 Å². The molecule has 0 bridgehead atoms. The zero-order valence-electron chi connectivity index (χ0n) is 15.3. The number of nitrogens with one attached hydrogen (secondary N) is 1. The maximum absolute atomic E-state index is 12.3. The van der Waals surface area contributed by atoms with E-state index in [0.29, 0.717) is 33.0 Å². The molecule has 1 N–H and O–H groups in total. The fourth-order valence-corrected chi connectivity index (χ4v) is 3.71. The molecule has 0 spiro atoms. The molecule has 0 aliphatic heterocycles. The van der Waals surface area contributed by atoms with Gasteiger partial charge in [-0.1, -0.05) is 41.4 Å². The van der Waals surface area contributed by atoms with Gasteiger partial charge in [0.15, 0.2) is 5.13 Å². The monoisotopic (exact) mass is 450 g/mol. The van der Waals surface area contributed by atoms with E-state index in [-0.39, 0.29) is 18.1 Å². The number of hydrogen-bond acceptors (Lipinski definition) is 6. The van der Waals surface area contributed by atoms with Crippen LogP contribution >= 0.6 is 34.5 Å². The Morgan fingerprint density at radius 2 is 2.03 bits per heavy atom. The smallest absolute Gasteiger partial charge is 0.270 e. The van der Waals surface area contributed by atoms with Crippen LogP contribution in [0.4, 0.5) is 10.8 Å². The third kappa shape index (κ3) is 5.74. The Morgan fingerprint density at radius 1 is 1.24 bits per heavy atom. The molecule has 0 saturated carbocycles. The molecule has 29 heavy (non-hydrogen) atoms. The lowest BCUT2D eigenvalue weighted by Crippen LogP contribution is -2.29. The fraction of sp³-hybridized carbons (Fsp3) is 0.158. The Balaban J connectivity index is 1.59. The van der Waals surface area contributed by atoms with Crippen LogP contribution in [0.5, 0.6) is 0 Å². The van der Waals surface area contributed by atoms with Gasteiger partial charge in [-0.15, -0.1) is 11.3 Å². The van der Waals surface area contributed by atoms with Crippen molar-refractivity contribution in [3.63, 3.8) is 0 Å². The maximum atomic E-state index is 12.3. The van der Waals surface area contributed by atoms with Crippen LogP contribution in [-0.4, -0.2) is 34.3 Å². The van der Waals surface area contributed by atoms with E-state index in [0.717, 1.165) is 5.56 Å². The first-order valence-electron chi connectivity index (χ1n) is 8.44. The van der Waals surface area contributed by atoms with Crippen molar-refractivity contribution in [3.8, 4) is 11.3 Å². The molecule has 1 heterocycles. The third-order valence-electron chi connectivity index (χ3n) is 3.95. The SMILES string of the molecule is CN(CC(=O)Nc1nc(-c2cccc([N+](=O)[O-])c2)cs1)Cc1ccc(Cl)c(Cl)c1. The van der Waals surface area contributed by atoms with Gasteiger partial charge in [0, 0.05) is 29.6 Å². The van der Waals surface area contributed by atoms with E-state index in [1.807, 2.05) is 18.0 Å². The number of carbonyl (C=O) groups is 1. The van der Waals surface area contributed by atoms with Crippen molar-refractivity contribution in [1.29, 1.82) is 0 Å². The lowest BCUT2D eigenvalue weighted by Gasteiger charge is -2.16. The second-order valence-electron chi connectivity index (χ2n) is 6.31. The molecule has 0 atom stereocenters. The van der Waals surface area contributed by atoms with E-state index in [1.54, 1.807) is 29.6 Å². The summed E-state index contributed by atoms with van der Waals surface area (Å²) in [5, 5.41) is 16.8. The highest BCUT2D eigenvalue weighted by Crippen LogP contribution is 2.27. The van der Waals surface area contributed by atoms with Crippen molar-refractivity contribution in [2.75, 3.05) is 18.9 Å². The summed E-state index contributed by atoms with van der Waals surface area (Å²) in [5.41, 5.74) is 2.12. The highest BCUT2D eigenvalue weighted by atomic mass is 35.5. The average Bonchev–Trinajstić information content (AvgIpc) is 3.13. The Hall–Kier alpha value is -2.52. The molecular weight excluding hydrogens is 435 g/mol. The Labute approximate surface area is 181 Å². The van der Waals surface area contributed by atoms with Crippen molar-refractivity contribution in [2.45, 2.75) is 6.54 Å². The predicted octanol–water partition coefficient (Wildman–Crippen LogP) is 5.10. The fourth-order valence-electron chi connectivity index (χ4n) is 2.65. The molecule has 0 aliphatic rings. The number of likely N-dealkylation sites (N-methyl/N-ethyl adjacent to an activating group) is 1. The molecule has 1 aromatic heterocycles. The quantitative estimate of drug-likeness (QED) is 0.399. The Bertz CT molecular complexity index is 1060. The standard InChI is InChI=1S/C19H16Cl2N4O3S/c1-24(9-12-5-6-15(20)16(21)7-12)10-18(26)23-19-22-17(11-29-19)13-3-2-4-14(8-13)25(27)28/h2-8,11H,9-10H2,1H3,(H,22,23,26). The van der Waals surface area contributed by atoms with Gasteiger partial charge in [-0.2, -0.15) is 0 Å². The molecule has 0 fully saturated rings. The van der Waals surface area contributed by atoms with Crippen LogP contribution in [0.25, 0.3) is 11.3 Å². The van der Waals surface area contributed by atoms with Crippen molar-refractivity contribution in [1.82, 2.24) is 9.88 Å². The number of nitro benzene ring substituents is 1. The lowest BCUT2D eigenvalue weighted by atomic mass is 10.1. The number of anilines is 1. The van der Waals surface area contributed by atoms with Crippen LogP contribution in [0.15, 0.2) is 47.8 Å². The number of carbonyl (C=O) groups excluding carboxylic acids is 1. The first-order valence-corrected chi connectivity index (χ1v) is 10.1. The number of nitro groups is 1. The van der Waals surface area contributed by atoms with Crippen molar-refractivity contribution < 1.29 is 9.72 Å². The van der Waals surface area contributed by atoms with Gasteiger partial charge in [0.25, 0.3) is 5.69 Å². The number of amides is 1. The van der Waals surface area contributed by atoms with Crippen LogP contribution in [0.1, 0.15) is 5.56 Å². The number of non-ortho nitro benzene ring substituents is 1. The van der Waals surface area contributed by atoms with E-state index in [1.165, 1.54) is 23.5 Å². The minimum atomic E-state index is -0.456. The maximum Gasteiger partial charge on any atom is 0.270 e. The number of halogens is 2. The topological polar surface area (TPSA) is 88.4 Å².